The average Bonchev–Trinajstić information content (AvgIpc) is 2.86. The molecule has 90 valence electrons. The molecule has 0 saturated carbocycles. The predicted molar refractivity (Wildman–Crippen MR) is 71.1 cm³/mol. The monoisotopic (exact) mass is 270 g/mol. The molecule has 3 rings (SSSR count). The summed E-state index contributed by atoms with van der Waals surface area (Å²) in [6.45, 7) is 2.75. The highest BCUT2D eigenvalue weighted by Gasteiger charge is 1.98. The van der Waals surface area contributed by atoms with Gasteiger partial charge in [0.25, 0.3) is 0 Å². The maximum Gasteiger partial charge on any atom is 0.305 e. The van der Waals surface area contributed by atoms with Crippen molar-refractivity contribution in [3.8, 4) is 0 Å². The van der Waals surface area contributed by atoms with E-state index in [0.29, 0.717) is 5.02 Å². The molecule has 4 nitrogen and oxygen atoms in total. The SMILES string of the molecule is CC1=NOCC1.O=c1[nH]c2cc(Cl)ccc2s1. The van der Waals surface area contributed by atoms with Gasteiger partial charge in [-0.3, -0.25) is 4.79 Å². The van der Waals surface area contributed by atoms with Gasteiger partial charge < -0.3 is 9.82 Å². The first-order valence-corrected chi connectivity index (χ1v) is 6.28. The number of oxime groups is 1. The van der Waals surface area contributed by atoms with Gasteiger partial charge in [-0.1, -0.05) is 28.1 Å². The summed E-state index contributed by atoms with van der Waals surface area (Å²) in [5.74, 6) is 0. The van der Waals surface area contributed by atoms with E-state index in [1.165, 1.54) is 11.3 Å². The van der Waals surface area contributed by atoms with Crippen LogP contribution in [0.15, 0.2) is 28.1 Å². The Labute approximate surface area is 107 Å². The fraction of sp³-hybridized carbons (Fsp3) is 0.273. The normalized spacial score (nSPS) is 13.9. The van der Waals surface area contributed by atoms with Crippen molar-refractivity contribution in [2.24, 2.45) is 5.16 Å². The molecule has 1 N–H and O–H groups in total. The van der Waals surface area contributed by atoms with E-state index in [2.05, 4.69) is 15.0 Å². The summed E-state index contributed by atoms with van der Waals surface area (Å²) < 4.78 is 0.944. The van der Waals surface area contributed by atoms with Crippen LogP contribution in [0.1, 0.15) is 13.3 Å². The summed E-state index contributed by atoms with van der Waals surface area (Å²) in [4.78, 5) is 18.1. The van der Waals surface area contributed by atoms with Gasteiger partial charge in [-0.15, -0.1) is 0 Å². The molecule has 1 aliphatic rings. The first kappa shape index (κ1) is 12.1. The van der Waals surface area contributed by atoms with Crippen molar-refractivity contribution in [2.45, 2.75) is 13.3 Å². The largest absolute Gasteiger partial charge is 0.395 e. The first-order chi connectivity index (χ1) is 8.15. The van der Waals surface area contributed by atoms with Crippen LogP contribution in [0.5, 0.6) is 0 Å². The summed E-state index contributed by atoms with van der Waals surface area (Å²) >= 11 is 6.90. The molecule has 2 aromatic rings. The van der Waals surface area contributed by atoms with Crippen LogP contribution in [0, 0.1) is 0 Å². The lowest BCUT2D eigenvalue weighted by Gasteiger charge is -1.87. The number of aromatic amines is 1. The molecule has 6 heteroatoms. The zero-order valence-corrected chi connectivity index (χ0v) is 10.8. The molecule has 0 fully saturated rings. The lowest BCUT2D eigenvalue weighted by Crippen LogP contribution is -1.89. The van der Waals surface area contributed by atoms with Crippen LogP contribution in [-0.4, -0.2) is 17.3 Å². The fourth-order valence-electron chi connectivity index (χ4n) is 1.32. The minimum Gasteiger partial charge on any atom is -0.395 e. The molecule has 1 aromatic carbocycles. The average molecular weight is 271 g/mol. The molecule has 0 spiro atoms. The van der Waals surface area contributed by atoms with Crippen LogP contribution in [0.2, 0.25) is 5.02 Å². The van der Waals surface area contributed by atoms with Gasteiger partial charge in [0, 0.05) is 11.4 Å². The smallest absolute Gasteiger partial charge is 0.305 e. The molecule has 0 saturated heterocycles. The van der Waals surface area contributed by atoms with Crippen LogP contribution >= 0.6 is 22.9 Å². The van der Waals surface area contributed by atoms with Crippen molar-refractivity contribution in [1.82, 2.24) is 4.98 Å². The number of hydrogen-bond donors (Lipinski definition) is 1. The Hall–Kier alpha value is -1.33. The Morgan fingerprint density at radius 1 is 1.53 bits per heavy atom. The third-order valence-corrected chi connectivity index (χ3v) is 3.25. The first-order valence-electron chi connectivity index (χ1n) is 5.09. The standard InChI is InChI=1S/C7H4ClNOS.C4H7NO/c8-4-1-2-6-5(3-4)9-7(10)11-6;1-4-2-3-6-5-4/h1-3H,(H,9,10);2-3H2,1H3. The molecular weight excluding hydrogens is 260 g/mol. The van der Waals surface area contributed by atoms with Crippen LogP contribution in [-0.2, 0) is 4.84 Å². The predicted octanol–water partition coefficient (Wildman–Crippen LogP) is 3.03. The highest BCUT2D eigenvalue weighted by molar-refractivity contribution is 7.16. The highest BCUT2D eigenvalue weighted by atomic mass is 35.5. The van der Waals surface area contributed by atoms with Crippen LogP contribution in [0.25, 0.3) is 10.2 Å². The number of halogens is 1. The van der Waals surface area contributed by atoms with E-state index in [4.69, 9.17) is 11.6 Å². The summed E-state index contributed by atoms with van der Waals surface area (Å²) in [6.07, 6.45) is 1.01. The van der Waals surface area contributed by atoms with E-state index in [9.17, 15) is 4.79 Å². The number of fused-ring (bicyclic) bond motifs is 1. The van der Waals surface area contributed by atoms with Crippen molar-refractivity contribution in [2.75, 3.05) is 6.61 Å². The molecule has 0 bridgehead atoms. The molecule has 0 atom stereocenters. The molecule has 0 radical (unpaired) electrons. The molecule has 0 aliphatic carbocycles. The van der Waals surface area contributed by atoms with Crippen molar-refractivity contribution in [1.29, 1.82) is 0 Å². The lowest BCUT2D eigenvalue weighted by molar-refractivity contribution is 0.173. The van der Waals surface area contributed by atoms with Crippen molar-refractivity contribution in [3.05, 3.63) is 32.9 Å². The number of nitrogens with one attached hydrogen (secondary N) is 1. The fourth-order valence-corrected chi connectivity index (χ4v) is 2.21. The van der Waals surface area contributed by atoms with Gasteiger partial charge in [0.15, 0.2) is 0 Å². The summed E-state index contributed by atoms with van der Waals surface area (Å²) in [5, 5.41) is 4.30. The topological polar surface area (TPSA) is 54.4 Å². The van der Waals surface area contributed by atoms with E-state index >= 15 is 0 Å². The lowest BCUT2D eigenvalue weighted by atomic mass is 10.3. The molecule has 2 heterocycles. The Morgan fingerprint density at radius 2 is 2.35 bits per heavy atom. The number of thiazole rings is 1. The third-order valence-electron chi connectivity index (χ3n) is 2.16. The van der Waals surface area contributed by atoms with Gasteiger partial charge in [-0.2, -0.15) is 0 Å². The van der Waals surface area contributed by atoms with Gasteiger partial charge in [-0.25, -0.2) is 0 Å². The van der Waals surface area contributed by atoms with E-state index in [-0.39, 0.29) is 4.87 Å². The Morgan fingerprint density at radius 3 is 2.94 bits per heavy atom. The quantitative estimate of drug-likeness (QED) is 0.800. The molecular formula is C11H11ClN2O2S. The Bertz CT molecular complexity index is 603. The zero-order valence-electron chi connectivity index (χ0n) is 9.20. The zero-order chi connectivity index (χ0) is 12.3. The van der Waals surface area contributed by atoms with Crippen molar-refractivity contribution >= 4 is 38.9 Å². The summed E-state index contributed by atoms with van der Waals surface area (Å²) in [5.41, 5.74) is 1.92. The van der Waals surface area contributed by atoms with Gasteiger partial charge in [-0.05, 0) is 25.1 Å². The second-order valence-electron chi connectivity index (χ2n) is 3.56. The van der Waals surface area contributed by atoms with E-state index in [0.717, 1.165) is 29.0 Å². The number of aromatic nitrogens is 1. The minimum atomic E-state index is -0.0396. The second kappa shape index (κ2) is 5.33. The summed E-state index contributed by atoms with van der Waals surface area (Å²) in [7, 11) is 0. The summed E-state index contributed by atoms with van der Waals surface area (Å²) in [6, 6.07) is 5.35. The molecule has 1 aromatic heterocycles. The van der Waals surface area contributed by atoms with E-state index in [1.54, 1.807) is 12.1 Å². The molecule has 0 unspecified atom stereocenters. The second-order valence-corrected chi connectivity index (χ2v) is 5.02. The van der Waals surface area contributed by atoms with Crippen LogP contribution in [0.3, 0.4) is 0 Å². The number of nitrogens with zero attached hydrogens (tertiary/aromatic N) is 1. The molecule has 17 heavy (non-hydrogen) atoms. The maximum atomic E-state index is 10.8. The maximum absolute atomic E-state index is 10.8. The number of hydrogen-bond acceptors (Lipinski definition) is 4. The number of benzene rings is 1. The van der Waals surface area contributed by atoms with E-state index < -0.39 is 0 Å². The van der Waals surface area contributed by atoms with Crippen molar-refractivity contribution < 1.29 is 4.84 Å². The Balaban J connectivity index is 0.000000153. The minimum absolute atomic E-state index is 0.0396. The van der Waals surface area contributed by atoms with Gasteiger partial charge in [0.2, 0.25) is 0 Å². The Kier molecular flexibility index (Phi) is 3.81. The van der Waals surface area contributed by atoms with Gasteiger partial charge >= 0.3 is 4.87 Å². The van der Waals surface area contributed by atoms with Crippen LogP contribution < -0.4 is 4.87 Å². The highest BCUT2D eigenvalue weighted by Crippen LogP contribution is 2.18. The van der Waals surface area contributed by atoms with Crippen LogP contribution in [0.4, 0.5) is 0 Å². The van der Waals surface area contributed by atoms with Crippen molar-refractivity contribution in [3.63, 3.8) is 0 Å². The molecule has 0 amide bonds. The number of rotatable bonds is 0. The van der Waals surface area contributed by atoms with Gasteiger partial charge in [0.1, 0.15) is 6.61 Å². The third kappa shape index (κ3) is 3.31. The molecule has 1 aliphatic heterocycles. The van der Waals surface area contributed by atoms with E-state index in [1.807, 2.05) is 13.0 Å². The van der Waals surface area contributed by atoms with Gasteiger partial charge in [0.05, 0.1) is 15.9 Å². The number of H-pyrrole nitrogens is 1.